The molecule has 1 heterocycles. The summed E-state index contributed by atoms with van der Waals surface area (Å²) in [4.78, 5) is 26.1. The van der Waals surface area contributed by atoms with Crippen molar-refractivity contribution in [2.45, 2.75) is 6.61 Å². The van der Waals surface area contributed by atoms with Crippen LogP contribution in [0.25, 0.3) is 6.08 Å². The summed E-state index contributed by atoms with van der Waals surface area (Å²) in [6.07, 6.45) is 1.79. The lowest BCUT2D eigenvalue weighted by Crippen LogP contribution is -2.27. The van der Waals surface area contributed by atoms with E-state index < -0.39 is 5.97 Å². The van der Waals surface area contributed by atoms with Crippen molar-refractivity contribution in [3.8, 4) is 11.5 Å². The number of hydrogen-bond donors (Lipinski definition) is 1. The van der Waals surface area contributed by atoms with Crippen molar-refractivity contribution in [2.24, 2.45) is 0 Å². The fourth-order valence-corrected chi connectivity index (χ4v) is 5.36. The third-order valence-electron chi connectivity index (χ3n) is 4.94. The van der Waals surface area contributed by atoms with Gasteiger partial charge in [0.25, 0.3) is 5.91 Å². The molecule has 0 saturated carbocycles. The van der Waals surface area contributed by atoms with E-state index in [1.807, 2.05) is 36.4 Å². The number of rotatable bonds is 7. The van der Waals surface area contributed by atoms with Gasteiger partial charge in [-0.2, -0.15) is 0 Å². The third-order valence-corrected chi connectivity index (χ3v) is 7.05. The Bertz CT molecular complexity index is 1290. The summed E-state index contributed by atoms with van der Waals surface area (Å²) in [5, 5.41) is 9.03. The second-order valence-electron chi connectivity index (χ2n) is 7.18. The number of methoxy groups -OCH3 is 1. The average molecular weight is 603 g/mol. The molecule has 6 nitrogen and oxygen atoms in total. The second kappa shape index (κ2) is 10.6. The summed E-state index contributed by atoms with van der Waals surface area (Å²) >= 11 is 8.86. The number of nitrogens with zero attached hydrogens (tertiary/aromatic N) is 1. The molecule has 0 aromatic heterocycles. The molecule has 0 aliphatic carbocycles. The van der Waals surface area contributed by atoms with Gasteiger partial charge in [-0.1, -0.05) is 54.3 Å². The number of ether oxygens (including phenoxy) is 2. The number of hydrogen-bond acceptors (Lipinski definition) is 6. The number of anilines is 1. The van der Waals surface area contributed by atoms with Crippen LogP contribution in [0, 0.1) is 3.57 Å². The summed E-state index contributed by atoms with van der Waals surface area (Å²) in [5.74, 6) is -0.0431. The van der Waals surface area contributed by atoms with Gasteiger partial charge in [0, 0.05) is 0 Å². The topological polar surface area (TPSA) is 76.1 Å². The lowest BCUT2D eigenvalue weighted by Gasteiger charge is -2.14. The molecule has 0 spiro atoms. The number of halogens is 1. The van der Waals surface area contributed by atoms with Gasteiger partial charge in [0.1, 0.15) is 6.61 Å². The minimum Gasteiger partial charge on any atom is -0.493 e. The fraction of sp³-hybridized carbons (Fsp3) is 0.0800. The first kappa shape index (κ1) is 24.2. The smallest absolute Gasteiger partial charge is 0.335 e. The van der Waals surface area contributed by atoms with E-state index in [0.717, 1.165) is 20.4 Å². The monoisotopic (exact) mass is 603 g/mol. The summed E-state index contributed by atoms with van der Waals surface area (Å²) in [5.41, 5.74) is 2.57. The quantitative estimate of drug-likeness (QED) is 0.202. The maximum Gasteiger partial charge on any atom is 0.335 e. The number of benzene rings is 3. The van der Waals surface area contributed by atoms with Crippen molar-refractivity contribution in [3.63, 3.8) is 0 Å². The van der Waals surface area contributed by atoms with Gasteiger partial charge in [-0.15, -0.1) is 0 Å². The normalized spacial score (nSPS) is 14.5. The van der Waals surface area contributed by atoms with Crippen molar-refractivity contribution in [2.75, 3.05) is 12.0 Å². The highest BCUT2D eigenvalue weighted by atomic mass is 127. The molecule has 1 aliphatic heterocycles. The van der Waals surface area contributed by atoms with Crippen molar-refractivity contribution in [1.29, 1.82) is 0 Å². The maximum absolute atomic E-state index is 13.0. The first-order valence-electron chi connectivity index (χ1n) is 10.0. The fourth-order valence-electron chi connectivity index (χ4n) is 3.28. The number of thiocarbonyl (C=S) groups is 1. The molecule has 0 unspecified atom stereocenters. The molecule has 34 heavy (non-hydrogen) atoms. The van der Waals surface area contributed by atoms with E-state index in [2.05, 4.69) is 22.6 Å². The van der Waals surface area contributed by atoms with E-state index in [0.29, 0.717) is 20.7 Å². The zero-order valence-electron chi connectivity index (χ0n) is 17.9. The Hall–Kier alpha value is -2.89. The number of carboxylic acid groups (broad SMARTS) is 1. The lowest BCUT2D eigenvalue weighted by atomic mass is 10.1. The Morgan fingerprint density at radius 1 is 1.15 bits per heavy atom. The Morgan fingerprint density at radius 3 is 2.50 bits per heavy atom. The molecule has 3 aromatic rings. The van der Waals surface area contributed by atoms with Crippen LogP contribution in [0.15, 0.2) is 71.6 Å². The minimum atomic E-state index is -0.972. The highest BCUT2D eigenvalue weighted by Crippen LogP contribution is 2.39. The minimum absolute atomic E-state index is 0.166. The highest BCUT2D eigenvalue weighted by molar-refractivity contribution is 14.1. The summed E-state index contributed by atoms with van der Waals surface area (Å²) in [7, 11) is 1.55. The van der Waals surface area contributed by atoms with Gasteiger partial charge in [0.2, 0.25) is 0 Å². The number of thioether (sulfide) groups is 1. The standard InChI is InChI=1S/C25H18INO5S2/c1-31-20-12-16(13-21-23(28)27(25(33)34-21)18-5-3-2-4-6-18)11-19(26)22(20)32-14-15-7-9-17(10-8-15)24(29)30/h2-13H,14H2,1H3,(H,29,30)/b21-13+. The van der Waals surface area contributed by atoms with Crippen LogP contribution in [0.3, 0.4) is 0 Å². The number of carbonyl (C=O) groups is 2. The Labute approximate surface area is 219 Å². The maximum atomic E-state index is 13.0. The van der Waals surface area contributed by atoms with Crippen LogP contribution in [0.1, 0.15) is 21.5 Å². The number of carboxylic acids is 1. The average Bonchev–Trinajstić information content (AvgIpc) is 3.11. The molecule has 9 heteroatoms. The Morgan fingerprint density at radius 2 is 1.85 bits per heavy atom. The zero-order chi connectivity index (χ0) is 24.2. The molecular weight excluding hydrogens is 585 g/mol. The third kappa shape index (κ3) is 5.26. The van der Waals surface area contributed by atoms with E-state index in [1.165, 1.54) is 28.8 Å². The molecule has 3 aromatic carbocycles. The molecule has 1 amide bonds. The SMILES string of the molecule is COc1cc(/C=C2/SC(=S)N(c3ccccc3)C2=O)cc(I)c1OCc1ccc(C(=O)O)cc1. The molecular formula is C25H18INO5S2. The number of amides is 1. The first-order chi connectivity index (χ1) is 16.4. The van der Waals surface area contributed by atoms with Crippen LogP contribution in [0.2, 0.25) is 0 Å². The largest absolute Gasteiger partial charge is 0.493 e. The van der Waals surface area contributed by atoms with E-state index in [-0.39, 0.29) is 18.1 Å². The molecule has 0 bridgehead atoms. The Kier molecular flexibility index (Phi) is 7.54. The molecule has 0 atom stereocenters. The predicted octanol–water partition coefficient (Wildman–Crippen LogP) is 5.98. The van der Waals surface area contributed by atoms with Gasteiger partial charge in [-0.05, 0) is 76.2 Å². The van der Waals surface area contributed by atoms with Gasteiger partial charge in [0.05, 0.1) is 26.8 Å². The lowest BCUT2D eigenvalue weighted by molar-refractivity contribution is -0.113. The first-order valence-corrected chi connectivity index (χ1v) is 12.3. The van der Waals surface area contributed by atoms with Gasteiger partial charge >= 0.3 is 5.97 Å². The van der Waals surface area contributed by atoms with Crippen LogP contribution in [-0.4, -0.2) is 28.4 Å². The van der Waals surface area contributed by atoms with E-state index >= 15 is 0 Å². The zero-order valence-corrected chi connectivity index (χ0v) is 21.6. The number of para-hydroxylation sites is 1. The van der Waals surface area contributed by atoms with Gasteiger partial charge in [-0.25, -0.2) is 4.79 Å². The van der Waals surface area contributed by atoms with E-state index in [9.17, 15) is 9.59 Å². The van der Waals surface area contributed by atoms with Gasteiger partial charge < -0.3 is 14.6 Å². The molecule has 172 valence electrons. The van der Waals surface area contributed by atoms with Crippen LogP contribution < -0.4 is 14.4 Å². The molecule has 4 rings (SSSR count). The molecule has 1 saturated heterocycles. The Balaban J connectivity index is 1.55. The van der Waals surface area contributed by atoms with Crippen LogP contribution >= 0.6 is 46.6 Å². The van der Waals surface area contributed by atoms with E-state index in [4.69, 9.17) is 26.8 Å². The number of carbonyl (C=O) groups excluding carboxylic acids is 1. The van der Waals surface area contributed by atoms with Crippen LogP contribution in [-0.2, 0) is 11.4 Å². The van der Waals surface area contributed by atoms with E-state index in [1.54, 1.807) is 31.4 Å². The molecule has 1 aliphatic rings. The van der Waals surface area contributed by atoms with Crippen molar-refractivity contribution in [1.82, 2.24) is 0 Å². The predicted molar refractivity (Wildman–Crippen MR) is 146 cm³/mol. The molecule has 0 radical (unpaired) electrons. The second-order valence-corrected chi connectivity index (χ2v) is 10.0. The number of aromatic carboxylic acids is 1. The van der Waals surface area contributed by atoms with Crippen molar-refractivity contribution < 1.29 is 24.2 Å². The van der Waals surface area contributed by atoms with Crippen LogP contribution in [0.4, 0.5) is 5.69 Å². The molecule has 1 N–H and O–H groups in total. The van der Waals surface area contributed by atoms with Crippen LogP contribution in [0.5, 0.6) is 11.5 Å². The highest BCUT2D eigenvalue weighted by Gasteiger charge is 2.33. The molecule has 1 fully saturated rings. The summed E-state index contributed by atoms with van der Waals surface area (Å²) in [6, 6.07) is 19.5. The van der Waals surface area contributed by atoms with Crippen molar-refractivity contribution in [3.05, 3.63) is 91.9 Å². The van der Waals surface area contributed by atoms with Gasteiger partial charge in [0.15, 0.2) is 15.8 Å². The summed E-state index contributed by atoms with van der Waals surface area (Å²) < 4.78 is 12.8. The van der Waals surface area contributed by atoms with Gasteiger partial charge in [-0.3, -0.25) is 9.69 Å². The summed E-state index contributed by atoms with van der Waals surface area (Å²) in [6.45, 7) is 0.251. The van der Waals surface area contributed by atoms with Crippen molar-refractivity contribution >= 4 is 74.5 Å².